The Balaban J connectivity index is 3.13. The predicted molar refractivity (Wildman–Crippen MR) is 77.0 cm³/mol. The third-order valence-corrected chi connectivity index (χ3v) is 2.25. The minimum atomic E-state index is 0.00760. The molecule has 1 aromatic carbocycles. The van der Waals surface area contributed by atoms with Crippen LogP contribution < -0.4 is 9.47 Å². The fraction of sp³-hybridized carbons (Fsp3) is 0.125. The molecule has 0 saturated carbocycles. The summed E-state index contributed by atoms with van der Waals surface area (Å²) in [6, 6.07) is 8.79. The zero-order chi connectivity index (χ0) is 14.8. The lowest BCUT2D eigenvalue weighted by molar-refractivity contribution is 0.344. The van der Waals surface area contributed by atoms with Gasteiger partial charge in [-0.25, -0.2) is 0 Å². The molecule has 4 nitrogen and oxygen atoms in total. The molecule has 100 valence electrons. The molecule has 0 amide bonds. The molecule has 1 rings (SSSR count). The van der Waals surface area contributed by atoms with E-state index < -0.39 is 0 Å². The molecule has 0 aliphatic carbocycles. The Morgan fingerprint density at radius 2 is 1.75 bits per heavy atom. The van der Waals surface area contributed by atoms with Gasteiger partial charge in [0.05, 0.1) is 0 Å². The normalized spacial score (nSPS) is 8.70. The molecule has 0 spiro atoms. The summed E-state index contributed by atoms with van der Waals surface area (Å²) in [4.78, 5) is 0. The molecule has 0 atom stereocenters. The van der Waals surface area contributed by atoms with Gasteiger partial charge in [-0.3, -0.25) is 0 Å². The van der Waals surface area contributed by atoms with Crippen LogP contribution >= 0.6 is 0 Å². The monoisotopic (exact) mass is 266 g/mol. The standard InChI is InChI=1S/C16H14N2O2/c1-3-7-19-15-6-5-14(9-13(11-17)12-18)16(10-15)20-8-4-2/h3-6,9-10H,1-2,7-8H2. The third kappa shape index (κ3) is 4.36. The van der Waals surface area contributed by atoms with E-state index in [2.05, 4.69) is 13.2 Å². The second-order valence-corrected chi connectivity index (χ2v) is 3.68. The molecule has 0 unspecified atom stereocenters. The third-order valence-electron chi connectivity index (χ3n) is 2.25. The molecular formula is C16H14N2O2. The number of ether oxygens (including phenoxy) is 2. The van der Waals surface area contributed by atoms with Crippen LogP contribution in [-0.2, 0) is 0 Å². The molecule has 0 bridgehead atoms. The molecule has 0 radical (unpaired) electrons. The van der Waals surface area contributed by atoms with Gasteiger partial charge in [-0.05, 0) is 18.2 Å². The summed E-state index contributed by atoms with van der Waals surface area (Å²) in [5, 5.41) is 17.6. The highest BCUT2D eigenvalue weighted by molar-refractivity contribution is 5.67. The zero-order valence-electron chi connectivity index (χ0n) is 11.0. The maximum Gasteiger partial charge on any atom is 0.130 e. The first-order valence-corrected chi connectivity index (χ1v) is 5.88. The molecule has 0 aromatic heterocycles. The molecule has 0 aliphatic rings. The van der Waals surface area contributed by atoms with Crippen molar-refractivity contribution in [1.29, 1.82) is 10.5 Å². The van der Waals surface area contributed by atoms with Crippen molar-refractivity contribution in [3.8, 4) is 23.6 Å². The number of nitriles is 2. The average Bonchev–Trinajstić information content (AvgIpc) is 2.49. The Morgan fingerprint density at radius 1 is 1.10 bits per heavy atom. The van der Waals surface area contributed by atoms with E-state index >= 15 is 0 Å². The summed E-state index contributed by atoms with van der Waals surface area (Å²) in [5.41, 5.74) is 0.643. The molecule has 4 heteroatoms. The van der Waals surface area contributed by atoms with Crippen molar-refractivity contribution in [2.24, 2.45) is 0 Å². The molecule has 0 fully saturated rings. The summed E-state index contributed by atoms with van der Waals surface area (Å²) < 4.78 is 10.9. The van der Waals surface area contributed by atoms with Gasteiger partial charge in [-0.15, -0.1) is 0 Å². The van der Waals surface area contributed by atoms with Crippen molar-refractivity contribution in [3.63, 3.8) is 0 Å². The molecular weight excluding hydrogens is 252 g/mol. The van der Waals surface area contributed by atoms with Gasteiger partial charge in [0, 0.05) is 11.6 Å². The summed E-state index contributed by atoms with van der Waals surface area (Å²) in [6.45, 7) is 7.86. The molecule has 1 aromatic rings. The molecule has 0 heterocycles. The minimum Gasteiger partial charge on any atom is -0.489 e. The SMILES string of the molecule is C=CCOc1ccc(C=C(C#N)C#N)c(OCC=C)c1. The van der Waals surface area contributed by atoms with E-state index in [4.69, 9.17) is 20.0 Å². The number of allylic oxidation sites excluding steroid dienone is 1. The van der Waals surface area contributed by atoms with E-state index in [-0.39, 0.29) is 5.57 Å². The van der Waals surface area contributed by atoms with Crippen molar-refractivity contribution >= 4 is 6.08 Å². The lowest BCUT2D eigenvalue weighted by Gasteiger charge is -2.10. The van der Waals surface area contributed by atoms with E-state index in [0.29, 0.717) is 30.3 Å². The summed E-state index contributed by atoms with van der Waals surface area (Å²) in [5.74, 6) is 1.14. The van der Waals surface area contributed by atoms with E-state index in [9.17, 15) is 0 Å². The molecule has 0 N–H and O–H groups in total. The van der Waals surface area contributed by atoms with Gasteiger partial charge >= 0.3 is 0 Å². The maximum absolute atomic E-state index is 8.79. The molecule has 20 heavy (non-hydrogen) atoms. The van der Waals surface area contributed by atoms with Gasteiger partial charge < -0.3 is 9.47 Å². The Morgan fingerprint density at radius 3 is 2.35 bits per heavy atom. The summed E-state index contributed by atoms with van der Waals surface area (Å²) in [7, 11) is 0. The van der Waals surface area contributed by atoms with Crippen LogP contribution in [0.4, 0.5) is 0 Å². The van der Waals surface area contributed by atoms with Crippen LogP contribution in [0.2, 0.25) is 0 Å². The fourth-order valence-electron chi connectivity index (χ4n) is 1.40. The van der Waals surface area contributed by atoms with Crippen LogP contribution in [0.25, 0.3) is 6.08 Å². The van der Waals surface area contributed by atoms with E-state index in [1.54, 1.807) is 30.4 Å². The van der Waals surface area contributed by atoms with Gasteiger partial charge in [-0.1, -0.05) is 25.3 Å². The highest BCUT2D eigenvalue weighted by Gasteiger charge is 2.05. The van der Waals surface area contributed by atoms with E-state index in [0.717, 1.165) is 0 Å². The first kappa shape index (κ1) is 15.1. The quantitative estimate of drug-likeness (QED) is 0.561. The van der Waals surface area contributed by atoms with Crippen molar-refractivity contribution in [1.82, 2.24) is 0 Å². The second kappa shape index (κ2) is 8.18. The van der Waals surface area contributed by atoms with Crippen molar-refractivity contribution in [3.05, 3.63) is 54.6 Å². The predicted octanol–water partition coefficient (Wildman–Crippen LogP) is 3.25. The van der Waals surface area contributed by atoms with Gasteiger partial charge in [0.15, 0.2) is 0 Å². The first-order valence-electron chi connectivity index (χ1n) is 5.88. The Labute approximate surface area is 118 Å². The van der Waals surface area contributed by atoms with Crippen molar-refractivity contribution < 1.29 is 9.47 Å². The van der Waals surface area contributed by atoms with Gasteiger partial charge in [0.25, 0.3) is 0 Å². The minimum absolute atomic E-state index is 0.00760. The fourth-order valence-corrected chi connectivity index (χ4v) is 1.40. The smallest absolute Gasteiger partial charge is 0.130 e. The Hall–Kier alpha value is -2.98. The zero-order valence-corrected chi connectivity index (χ0v) is 11.0. The number of hydrogen-bond donors (Lipinski definition) is 0. The van der Waals surface area contributed by atoms with Crippen LogP contribution in [0, 0.1) is 22.7 Å². The van der Waals surface area contributed by atoms with Crippen LogP contribution in [0.3, 0.4) is 0 Å². The topological polar surface area (TPSA) is 66.0 Å². The van der Waals surface area contributed by atoms with Crippen LogP contribution in [-0.4, -0.2) is 13.2 Å². The Bertz CT molecular complexity index is 588. The Kier molecular flexibility index (Phi) is 6.17. The van der Waals surface area contributed by atoms with E-state index in [1.807, 2.05) is 12.1 Å². The number of rotatable bonds is 7. The highest BCUT2D eigenvalue weighted by Crippen LogP contribution is 2.27. The average molecular weight is 266 g/mol. The maximum atomic E-state index is 8.79. The molecule has 0 saturated heterocycles. The molecule has 0 aliphatic heterocycles. The number of nitrogens with zero attached hydrogens (tertiary/aromatic N) is 2. The second-order valence-electron chi connectivity index (χ2n) is 3.68. The largest absolute Gasteiger partial charge is 0.489 e. The van der Waals surface area contributed by atoms with Crippen molar-refractivity contribution in [2.75, 3.05) is 13.2 Å². The van der Waals surface area contributed by atoms with Gasteiger partial charge in [0.2, 0.25) is 0 Å². The lowest BCUT2D eigenvalue weighted by atomic mass is 10.1. The van der Waals surface area contributed by atoms with Crippen LogP contribution in [0.5, 0.6) is 11.5 Å². The van der Waals surface area contributed by atoms with Gasteiger partial charge in [-0.2, -0.15) is 10.5 Å². The van der Waals surface area contributed by atoms with Crippen LogP contribution in [0.1, 0.15) is 5.56 Å². The highest BCUT2D eigenvalue weighted by atomic mass is 16.5. The summed E-state index contributed by atoms with van der Waals surface area (Å²) >= 11 is 0. The first-order chi connectivity index (χ1) is 9.74. The van der Waals surface area contributed by atoms with Crippen LogP contribution in [0.15, 0.2) is 49.1 Å². The summed E-state index contributed by atoms with van der Waals surface area (Å²) in [6.07, 6.45) is 4.72. The van der Waals surface area contributed by atoms with Gasteiger partial charge in [0.1, 0.15) is 42.4 Å². The van der Waals surface area contributed by atoms with E-state index in [1.165, 1.54) is 6.08 Å². The lowest BCUT2D eigenvalue weighted by Crippen LogP contribution is -1.98. The van der Waals surface area contributed by atoms with Crippen molar-refractivity contribution in [2.45, 2.75) is 0 Å². The number of hydrogen-bond acceptors (Lipinski definition) is 4. The number of benzene rings is 1.